The van der Waals surface area contributed by atoms with Gasteiger partial charge in [-0.1, -0.05) is 17.7 Å². The molecule has 2 N–H and O–H groups in total. The number of anilines is 3. The van der Waals surface area contributed by atoms with Crippen LogP contribution in [0.3, 0.4) is 0 Å². The van der Waals surface area contributed by atoms with Crippen LogP contribution in [0.25, 0.3) is 0 Å². The van der Waals surface area contributed by atoms with Crippen molar-refractivity contribution in [3.05, 3.63) is 42.2 Å². The van der Waals surface area contributed by atoms with Crippen molar-refractivity contribution in [2.45, 2.75) is 6.92 Å². The van der Waals surface area contributed by atoms with Crippen molar-refractivity contribution in [3.8, 4) is 0 Å². The molecule has 0 aliphatic heterocycles. The minimum absolute atomic E-state index is 0.250. The van der Waals surface area contributed by atoms with Crippen LogP contribution in [0.15, 0.2) is 36.7 Å². The zero-order valence-corrected chi connectivity index (χ0v) is 11.7. The van der Waals surface area contributed by atoms with E-state index >= 15 is 0 Å². The van der Waals surface area contributed by atoms with E-state index < -0.39 is 0 Å². The summed E-state index contributed by atoms with van der Waals surface area (Å²) in [5.74, 6) is 1.68. The van der Waals surface area contributed by atoms with Crippen molar-refractivity contribution in [2.24, 2.45) is 0 Å². The molecule has 2 rings (SSSR count). The molecule has 0 saturated heterocycles. The molecule has 0 fully saturated rings. The summed E-state index contributed by atoms with van der Waals surface area (Å²) in [7, 11) is 3.91. The molecule has 1 aromatic heterocycles. The number of rotatable bonds is 3. The van der Waals surface area contributed by atoms with Crippen molar-refractivity contribution in [3.63, 3.8) is 0 Å². The lowest BCUT2D eigenvalue weighted by molar-refractivity contribution is -0.122. The molecule has 0 amide bonds. The Morgan fingerprint density at radius 1 is 1.20 bits per heavy atom. The van der Waals surface area contributed by atoms with Gasteiger partial charge in [-0.15, -0.1) is 0 Å². The Morgan fingerprint density at radius 2 is 1.80 bits per heavy atom. The van der Waals surface area contributed by atoms with E-state index in [2.05, 4.69) is 34.3 Å². The Hall–Kier alpha value is -2.63. The highest BCUT2D eigenvalue weighted by Gasteiger charge is 2.00. The summed E-state index contributed by atoms with van der Waals surface area (Å²) in [5.41, 5.74) is 2.27. The molecule has 6 heteroatoms. The van der Waals surface area contributed by atoms with Gasteiger partial charge in [0.2, 0.25) is 0 Å². The average molecular weight is 274 g/mol. The lowest BCUT2D eigenvalue weighted by Gasteiger charge is -2.12. The van der Waals surface area contributed by atoms with Crippen LogP contribution >= 0.6 is 0 Å². The van der Waals surface area contributed by atoms with Crippen molar-refractivity contribution in [1.29, 1.82) is 0 Å². The summed E-state index contributed by atoms with van der Waals surface area (Å²) in [5, 5.41) is 10.1. The third-order valence-corrected chi connectivity index (χ3v) is 2.43. The Bertz CT molecular complexity index is 541. The monoisotopic (exact) mass is 274 g/mol. The molecule has 20 heavy (non-hydrogen) atoms. The number of carbonyl (C=O) groups is 1. The maximum Gasteiger partial charge on any atom is 0.290 e. The first-order chi connectivity index (χ1) is 9.56. The molecule has 0 bridgehead atoms. The van der Waals surface area contributed by atoms with E-state index in [-0.39, 0.29) is 6.47 Å². The van der Waals surface area contributed by atoms with Gasteiger partial charge in [-0.2, -0.15) is 0 Å². The number of nitrogens with zero attached hydrogens (tertiary/aromatic N) is 3. The number of nitrogens with one attached hydrogen (secondary N) is 1. The van der Waals surface area contributed by atoms with E-state index in [1.807, 2.05) is 37.2 Å². The molecule has 1 aromatic carbocycles. The zero-order chi connectivity index (χ0) is 15.0. The SMILES string of the molecule is Cc1ccc(Nc2cc(N(C)C)ncn2)cc1.O=CO. The van der Waals surface area contributed by atoms with Gasteiger partial charge in [-0.25, -0.2) is 9.97 Å². The summed E-state index contributed by atoms with van der Waals surface area (Å²) in [4.78, 5) is 18.7. The molecule has 0 spiro atoms. The van der Waals surface area contributed by atoms with Crippen LogP contribution in [-0.2, 0) is 4.79 Å². The van der Waals surface area contributed by atoms with E-state index in [1.165, 1.54) is 5.56 Å². The fourth-order valence-electron chi connectivity index (χ4n) is 1.44. The summed E-state index contributed by atoms with van der Waals surface area (Å²) in [6.45, 7) is 1.82. The van der Waals surface area contributed by atoms with Gasteiger partial charge in [0.25, 0.3) is 6.47 Å². The first kappa shape index (κ1) is 15.4. The quantitative estimate of drug-likeness (QED) is 0.836. The fourth-order valence-corrected chi connectivity index (χ4v) is 1.44. The van der Waals surface area contributed by atoms with Gasteiger partial charge in [-0.05, 0) is 19.1 Å². The number of aryl methyl sites for hydroxylation is 1. The molecular formula is C14H18N4O2. The second-order valence-corrected chi connectivity index (χ2v) is 4.25. The molecule has 0 aliphatic carbocycles. The smallest absolute Gasteiger partial charge is 0.290 e. The highest BCUT2D eigenvalue weighted by Crippen LogP contribution is 2.17. The molecule has 0 radical (unpaired) electrons. The standard InChI is InChI=1S/C13H16N4.CH2O2/c1-10-4-6-11(7-5-10)16-12-8-13(17(2)3)15-9-14-12;2-1-3/h4-9H,1-3H3,(H,14,15,16);1H,(H,2,3). The predicted molar refractivity (Wildman–Crippen MR) is 79.5 cm³/mol. The Balaban J connectivity index is 0.000000612. The molecule has 6 nitrogen and oxygen atoms in total. The second kappa shape index (κ2) is 7.73. The van der Waals surface area contributed by atoms with Crippen molar-refractivity contribution < 1.29 is 9.90 Å². The lowest BCUT2D eigenvalue weighted by Crippen LogP contribution is -2.11. The van der Waals surface area contributed by atoms with Gasteiger partial charge in [-0.3, -0.25) is 4.79 Å². The highest BCUT2D eigenvalue weighted by molar-refractivity contribution is 5.59. The average Bonchev–Trinajstić information content (AvgIpc) is 2.43. The number of hydrogen-bond donors (Lipinski definition) is 2. The Morgan fingerprint density at radius 3 is 2.35 bits per heavy atom. The lowest BCUT2D eigenvalue weighted by atomic mass is 10.2. The molecular weight excluding hydrogens is 256 g/mol. The van der Waals surface area contributed by atoms with E-state index in [0.717, 1.165) is 17.3 Å². The van der Waals surface area contributed by atoms with Crippen molar-refractivity contribution >= 4 is 23.8 Å². The molecule has 106 valence electrons. The minimum atomic E-state index is -0.250. The number of aromatic nitrogens is 2. The highest BCUT2D eigenvalue weighted by atomic mass is 16.3. The summed E-state index contributed by atoms with van der Waals surface area (Å²) >= 11 is 0. The topological polar surface area (TPSA) is 78.3 Å². The first-order valence-electron chi connectivity index (χ1n) is 5.97. The maximum atomic E-state index is 8.36. The first-order valence-corrected chi connectivity index (χ1v) is 5.97. The van der Waals surface area contributed by atoms with Crippen LogP contribution in [-0.4, -0.2) is 35.6 Å². The van der Waals surface area contributed by atoms with Gasteiger partial charge in [0.1, 0.15) is 18.0 Å². The Kier molecular flexibility index (Phi) is 5.96. The van der Waals surface area contributed by atoms with Crippen LogP contribution in [0, 0.1) is 6.92 Å². The van der Waals surface area contributed by atoms with Crippen LogP contribution in [0.1, 0.15) is 5.56 Å². The zero-order valence-electron chi connectivity index (χ0n) is 11.7. The normalized spacial score (nSPS) is 9.15. The molecule has 0 aliphatic rings. The van der Waals surface area contributed by atoms with Gasteiger partial charge >= 0.3 is 0 Å². The van der Waals surface area contributed by atoms with E-state index in [0.29, 0.717) is 0 Å². The van der Waals surface area contributed by atoms with Gasteiger partial charge in [0.15, 0.2) is 0 Å². The summed E-state index contributed by atoms with van der Waals surface area (Å²) < 4.78 is 0. The van der Waals surface area contributed by atoms with Crippen LogP contribution in [0.5, 0.6) is 0 Å². The van der Waals surface area contributed by atoms with Crippen molar-refractivity contribution in [1.82, 2.24) is 9.97 Å². The molecule has 0 saturated carbocycles. The molecule has 2 aromatic rings. The largest absolute Gasteiger partial charge is 0.483 e. The molecule has 0 unspecified atom stereocenters. The summed E-state index contributed by atoms with van der Waals surface area (Å²) in [6, 6.07) is 10.1. The minimum Gasteiger partial charge on any atom is -0.483 e. The van der Waals surface area contributed by atoms with Crippen LogP contribution in [0.2, 0.25) is 0 Å². The van der Waals surface area contributed by atoms with Crippen LogP contribution < -0.4 is 10.2 Å². The van der Waals surface area contributed by atoms with E-state index in [9.17, 15) is 0 Å². The van der Waals surface area contributed by atoms with Crippen molar-refractivity contribution in [2.75, 3.05) is 24.3 Å². The third-order valence-electron chi connectivity index (χ3n) is 2.43. The van der Waals surface area contributed by atoms with Gasteiger partial charge in [0.05, 0.1) is 0 Å². The number of hydrogen-bond acceptors (Lipinski definition) is 5. The van der Waals surface area contributed by atoms with E-state index in [1.54, 1.807) is 6.33 Å². The third kappa shape index (κ3) is 4.93. The second-order valence-electron chi connectivity index (χ2n) is 4.25. The summed E-state index contributed by atoms with van der Waals surface area (Å²) in [6.07, 6.45) is 1.56. The predicted octanol–water partition coefficient (Wildman–Crippen LogP) is 2.30. The molecule has 1 heterocycles. The molecule has 0 atom stereocenters. The van der Waals surface area contributed by atoms with Gasteiger partial charge < -0.3 is 15.3 Å². The van der Waals surface area contributed by atoms with Crippen LogP contribution in [0.4, 0.5) is 17.3 Å². The Labute approximate surface area is 118 Å². The number of carboxylic acid groups (broad SMARTS) is 1. The van der Waals surface area contributed by atoms with E-state index in [4.69, 9.17) is 9.90 Å². The maximum absolute atomic E-state index is 8.36. The fraction of sp³-hybridized carbons (Fsp3) is 0.214. The number of benzene rings is 1. The van der Waals surface area contributed by atoms with Gasteiger partial charge in [0, 0.05) is 25.8 Å².